The molecule has 1 saturated carbocycles. The molecule has 0 spiro atoms. The van der Waals surface area contributed by atoms with Crippen LogP contribution in [0.4, 0.5) is 5.69 Å². The lowest BCUT2D eigenvalue weighted by atomic mass is 10.1. The van der Waals surface area contributed by atoms with Crippen LogP contribution in [0.5, 0.6) is 0 Å². The molecule has 1 saturated heterocycles. The van der Waals surface area contributed by atoms with E-state index in [2.05, 4.69) is 27.8 Å². The van der Waals surface area contributed by atoms with E-state index >= 15 is 0 Å². The van der Waals surface area contributed by atoms with Gasteiger partial charge in [0.15, 0.2) is 11.5 Å². The molecule has 2 heterocycles. The van der Waals surface area contributed by atoms with Crippen molar-refractivity contribution in [3.05, 3.63) is 24.1 Å². The van der Waals surface area contributed by atoms with Crippen LogP contribution in [0.3, 0.4) is 0 Å². The van der Waals surface area contributed by atoms with Crippen LogP contribution in [0, 0.1) is 0 Å². The van der Waals surface area contributed by atoms with Gasteiger partial charge in [-0.2, -0.15) is 0 Å². The van der Waals surface area contributed by atoms with E-state index in [0.29, 0.717) is 12.0 Å². The number of rotatable bonds is 3. The number of hydrogen-bond acceptors (Lipinski definition) is 4. The number of aromatic nitrogens is 1. The summed E-state index contributed by atoms with van der Waals surface area (Å²) in [5.74, 6) is 1.50. The van der Waals surface area contributed by atoms with Gasteiger partial charge in [0.1, 0.15) is 5.52 Å². The van der Waals surface area contributed by atoms with Crippen LogP contribution < -0.4 is 10.6 Å². The summed E-state index contributed by atoms with van der Waals surface area (Å²) in [6, 6.07) is 6.77. The summed E-state index contributed by atoms with van der Waals surface area (Å²) in [6.45, 7) is 2.19. The van der Waals surface area contributed by atoms with Gasteiger partial charge in [0, 0.05) is 24.2 Å². The van der Waals surface area contributed by atoms with Gasteiger partial charge in [0.25, 0.3) is 0 Å². The van der Waals surface area contributed by atoms with Crippen molar-refractivity contribution in [1.29, 1.82) is 0 Å². The van der Waals surface area contributed by atoms with Gasteiger partial charge in [-0.3, -0.25) is 0 Å². The van der Waals surface area contributed by atoms with E-state index < -0.39 is 0 Å². The molecule has 4 heteroatoms. The average molecular weight is 257 g/mol. The second-order valence-corrected chi connectivity index (χ2v) is 5.70. The zero-order chi connectivity index (χ0) is 12.7. The van der Waals surface area contributed by atoms with E-state index in [1.807, 2.05) is 6.07 Å². The highest BCUT2D eigenvalue weighted by molar-refractivity contribution is 5.77. The van der Waals surface area contributed by atoms with Gasteiger partial charge in [-0.25, -0.2) is 4.98 Å². The van der Waals surface area contributed by atoms with Crippen molar-refractivity contribution in [3.8, 4) is 0 Å². The smallest absolute Gasteiger partial charge is 0.198 e. The van der Waals surface area contributed by atoms with Crippen LogP contribution in [0.2, 0.25) is 0 Å². The summed E-state index contributed by atoms with van der Waals surface area (Å²) in [5.41, 5.74) is 3.04. The first-order valence-corrected chi connectivity index (χ1v) is 7.26. The van der Waals surface area contributed by atoms with Crippen molar-refractivity contribution in [1.82, 2.24) is 10.3 Å². The molecular weight excluding hydrogens is 238 g/mol. The molecule has 0 bridgehead atoms. The van der Waals surface area contributed by atoms with Crippen molar-refractivity contribution in [2.45, 2.75) is 37.6 Å². The minimum Gasteiger partial charge on any atom is -0.440 e. The van der Waals surface area contributed by atoms with Crippen LogP contribution in [0.15, 0.2) is 22.6 Å². The number of hydrogen-bond donors (Lipinski definition) is 2. The Hall–Kier alpha value is -1.55. The maximum atomic E-state index is 5.79. The maximum absolute atomic E-state index is 5.79. The molecule has 2 fully saturated rings. The van der Waals surface area contributed by atoms with Crippen molar-refractivity contribution in [2.24, 2.45) is 0 Å². The monoisotopic (exact) mass is 257 g/mol. The van der Waals surface area contributed by atoms with Crippen LogP contribution in [-0.4, -0.2) is 24.1 Å². The maximum Gasteiger partial charge on any atom is 0.198 e. The molecule has 1 unspecified atom stereocenters. The third-order valence-corrected chi connectivity index (χ3v) is 4.00. The predicted octanol–water partition coefficient (Wildman–Crippen LogP) is 2.87. The Balaban J connectivity index is 1.56. The zero-order valence-corrected chi connectivity index (χ0v) is 11.0. The van der Waals surface area contributed by atoms with E-state index in [0.717, 1.165) is 35.8 Å². The fourth-order valence-corrected chi connectivity index (χ4v) is 2.75. The summed E-state index contributed by atoms with van der Waals surface area (Å²) < 4.78 is 5.79. The van der Waals surface area contributed by atoms with Gasteiger partial charge in [-0.05, 0) is 50.4 Å². The zero-order valence-electron chi connectivity index (χ0n) is 11.0. The molecule has 4 nitrogen and oxygen atoms in total. The van der Waals surface area contributed by atoms with Gasteiger partial charge in [-0.1, -0.05) is 0 Å². The van der Waals surface area contributed by atoms with E-state index in [-0.39, 0.29) is 0 Å². The molecule has 100 valence electrons. The normalized spacial score (nSPS) is 23.7. The Labute approximate surface area is 112 Å². The van der Waals surface area contributed by atoms with E-state index in [1.54, 1.807) is 0 Å². The van der Waals surface area contributed by atoms with Crippen LogP contribution in [0.1, 0.15) is 37.5 Å². The van der Waals surface area contributed by atoms with Crippen LogP contribution in [0.25, 0.3) is 11.1 Å². The number of anilines is 1. The Kier molecular flexibility index (Phi) is 2.69. The summed E-state index contributed by atoms with van der Waals surface area (Å²) in [6.07, 6.45) is 4.93. The van der Waals surface area contributed by atoms with Crippen molar-refractivity contribution >= 4 is 16.8 Å². The third-order valence-electron chi connectivity index (χ3n) is 4.00. The largest absolute Gasteiger partial charge is 0.440 e. The number of benzene rings is 1. The highest BCUT2D eigenvalue weighted by atomic mass is 16.3. The highest BCUT2D eigenvalue weighted by Gasteiger charge is 2.28. The summed E-state index contributed by atoms with van der Waals surface area (Å²) in [7, 11) is 0. The second-order valence-electron chi connectivity index (χ2n) is 5.70. The number of fused-ring (bicyclic) bond motifs is 1. The standard InChI is InChI=1S/C15H19N3O/c1-2-12(9-16-7-1)17-11-5-6-14-13(8-11)18-15(19-14)10-3-4-10/h5-6,8,10,12,16-17H,1-4,7,9H2. The first-order valence-electron chi connectivity index (χ1n) is 7.26. The number of nitrogens with zero attached hydrogens (tertiary/aromatic N) is 1. The highest BCUT2D eigenvalue weighted by Crippen LogP contribution is 2.40. The first kappa shape index (κ1) is 11.3. The van der Waals surface area contributed by atoms with E-state index in [4.69, 9.17) is 4.42 Å². The molecule has 1 aliphatic carbocycles. The van der Waals surface area contributed by atoms with Gasteiger partial charge in [0.05, 0.1) is 0 Å². The summed E-state index contributed by atoms with van der Waals surface area (Å²) in [5, 5.41) is 7.01. The lowest BCUT2D eigenvalue weighted by Crippen LogP contribution is -2.38. The molecule has 19 heavy (non-hydrogen) atoms. The Morgan fingerprint density at radius 3 is 3.00 bits per heavy atom. The van der Waals surface area contributed by atoms with Crippen LogP contribution in [-0.2, 0) is 0 Å². The predicted molar refractivity (Wildman–Crippen MR) is 75.5 cm³/mol. The molecule has 4 rings (SSSR count). The molecule has 0 radical (unpaired) electrons. The fraction of sp³-hybridized carbons (Fsp3) is 0.533. The SMILES string of the molecule is c1cc2oc(C3CC3)nc2cc1NC1CCCNC1. The van der Waals surface area contributed by atoms with Crippen molar-refractivity contribution in [2.75, 3.05) is 18.4 Å². The minimum atomic E-state index is 0.529. The van der Waals surface area contributed by atoms with E-state index in [1.165, 1.54) is 25.7 Å². The Morgan fingerprint density at radius 2 is 2.21 bits per heavy atom. The minimum absolute atomic E-state index is 0.529. The Bertz CT molecular complexity index is 582. The molecule has 2 N–H and O–H groups in total. The van der Waals surface area contributed by atoms with E-state index in [9.17, 15) is 0 Å². The number of piperidine rings is 1. The first-order chi connectivity index (χ1) is 9.38. The second kappa shape index (κ2) is 4.53. The van der Waals surface area contributed by atoms with Crippen molar-refractivity contribution in [3.63, 3.8) is 0 Å². The number of nitrogens with one attached hydrogen (secondary N) is 2. The van der Waals surface area contributed by atoms with Gasteiger partial charge in [0.2, 0.25) is 0 Å². The third kappa shape index (κ3) is 2.32. The van der Waals surface area contributed by atoms with Gasteiger partial charge >= 0.3 is 0 Å². The lowest BCUT2D eigenvalue weighted by molar-refractivity contribution is 0.480. The Morgan fingerprint density at radius 1 is 1.26 bits per heavy atom. The molecule has 1 aromatic carbocycles. The van der Waals surface area contributed by atoms with Gasteiger partial charge in [-0.15, -0.1) is 0 Å². The van der Waals surface area contributed by atoms with Gasteiger partial charge < -0.3 is 15.1 Å². The molecule has 1 aromatic heterocycles. The quantitative estimate of drug-likeness (QED) is 0.887. The molecule has 1 aliphatic heterocycles. The summed E-state index contributed by atoms with van der Waals surface area (Å²) >= 11 is 0. The topological polar surface area (TPSA) is 50.1 Å². The molecule has 1 atom stereocenters. The summed E-state index contributed by atoms with van der Waals surface area (Å²) in [4.78, 5) is 4.61. The number of oxazole rings is 1. The average Bonchev–Trinajstić information content (AvgIpc) is 3.20. The lowest BCUT2D eigenvalue weighted by Gasteiger charge is -2.24. The molecular formula is C15H19N3O. The van der Waals surface area contributed by atoms with Crippen LogP contribution >= 0.6 is 0 Å². The molecule has 2 aromatic rings. The molecule has 0 amide bonds. The molecule has 2 aliphatic rings. The fourth-order valence-electron chi connectivity index (χ4n) is 2.75. The van der Waals surface area contributed by atoms with Crippen molar-refractivity contribution < 1.29 is 4.42 Å².